The minimum absolute atomic E-state index is 1.16. The quantitative estimate of drug-likeness (QED) is 0.358. The van der Waals surface area contributed by atoms with E-state index in [1.807, 2.05) is 7.11 Å². The molecular weight excluding hydrogens is 334 g/mol. The van der Waals surface area contributed by atoms with Crippen molar-refractivity contribution in [2.45, 2.75) is 80.1 Å². The molecule has 0 spiro atoms. The van der Waals surface area contributed by atoms with Crippen molar-refractivity contribution < 1.29 is 21.1 Å². The van der Waals surface area contributed by atoms with Gasteiger partial charge in [-0.15, -0.1) is 0 Å². The van der Waals surface area contributed by atoms with Gasteiger partial charge in [0.1, 0.15) is 0 Å². The van der Waals surface area contributed by atoms with Gasteiger partial charge in [0.05, 0.1) is 0 Å². The molecule has 0 saturated carbocycles. The number of hydrogen-bond donors (Lipinski definition) is 0. The first-order chi connectivity index (χ1) is 11.6. The summed E-state index contributed by atoms with van der Waals surface area (Å²) in [7, 11) is 2.00. The van der Waals surface area contributed by atoms with Gasteiger partial charge in [-0.2, -0.15) is 0 Å². The molecule has 4 nitrogen and oxygen atoms in total. The molecular formula is C19H45N3OTi. The number of nitrogens with zero attached hydrogens (tertiary/aromatic N) is 3. The van der Waals surface area contributed by atoms with Crippen LogP contribution in [-0.4, -0.2) is 56.5 Å². The molecule has 0 heterocycles. The molecule has 0 radical (unpaired) electrons. The van der Waals surface area contributed by atoms with E-state index in [-0.39, 0.29) is 0 Å². The van der Waals surface area contributed by atoms with Gasteiger partial charge in [0.25, 0.3) is 0 Å². The second-order valence-electron chi connectivity index (χ2n) is 6.74. The van der Waals surface area contributed by atoms with Gasteiger partial charge < -0.3 is 0 Å². The Hall–Kier alpha value is 0.554. The maximum absolute atomic E-state index is 6.60. The normalized spacial score (nSPS) is 12.8. The Morgan fingerprint density at radius 2 is 0.708 bits per heavy atom. The molecule has 146 valence electrons. The van der Waals surface area contributed by atoms with E-state index in [4.69, 9.17) is 3.32 Å². The Labute approximate surface area is 157 Å². The molecule has 0 aliphatic heterocycles. The molecule has 0 rings (SSSR count). The van der Waals surface area contributed by atoms with Crippen LogP contribution in [0.15, 0.2) is 0 Å². The predicted octanol–water partition coefficient (Wildman–Crippen LogP) is 4.81. The van der Waals surface area contributed by atoms with Gasteiger partial charge >= 0.3 is 158 Å². The summed E-state index contributed by atoms with van der Waals surface area (Å²) in [6.45, 7) is 20.8. The first-order valence-electron chi connectivity index (χ1n) is 10.4. The summed E-state index contributed by atoms with van der Waals surface area (Å²) in [5.74, 6) is 0. The van der Waals surface area contributed by atoms with Crippen LogP contribution in [0.25, 0.3) is 0 Å². The molecule has 5 heteroatoms. The molecule has 0 bridgehead atoms. The van der Waals surface area contributed by atoms with Crippen LogP contribution in [0, 0.1) is 0 Å². The van der Waals surface area contributed by atoms with Crippen molar-refractivity contribution in [3.8, 4) is 0 Å². The van der Waals surface area contributed by atoms with Gasteiger partial charge in [0.2, 0.25) is 0 Å². The Morgan fingerprint density at radius 3 is 0.833 bits per heavy atom. The summed E-state index contributed by atoms with van der Waals surface area (Å²) in [5, 5.41) is 0. The summed E-state index contributed by atoms with van der Waals surface area (Å²) in [6, 6.07) is 0. The van der Waals surface area contributed by atoms with Crippen molar-refractivity contribution in [3.05, 3.63) is 0 Å². The molecule has 0 unspecified atom stereocenters. The fourth-order valence-electron chi connectivity index (χ4n) is 3.82. The summed E-state index contributed by atoms with van der Waals surface area (Å²) in [6.07, 6.45) is 7.22. The van der Waals surface area contributed by atoms with Crippen molar-refractivity contribution >= 4 is 0 Å². The zero-order valence-electron chi connectivity index (χ0n) is 17.7. The zero-order valence-corrected chi connectivity index (χ0v) is 19.3. The molecule has 0 aliphatic carbocycles. The van der Waals surface area contributed by atoms with E-state index >= 15 is 0 Å². The third-order valence-corrected chi connectivity index (χ3v) is 11.3. The fraction of sp³-hybridized carbons (Fsp3) is 1.00. The molecule has 0 atom stereocenters. The Bertz CT molecular complexity index is 233. The van der Waals surface area contributed by atoms with E-state index in [0.29, 0.717) is 0 Å². The average molecular weight is 379 g/mol. The minimum atomic E-state index is -2.94. The monoisotopic (exact) mass is 379 g/mol. The van der Waals surface area contributed by atoms with Gasteiger partial charge in [-0.25, -0.2) is 0 Å². The molecule has 0 amide bonds. The van der Waals surface area contributed by atoms with Gasteiger partial charge in [0.15, 0.2) is 0 Å². The van der Waals surface area contributed by atoms with Crippen molar-refractivity contribution in [2.24, 2.45) is 0 Å². The van der Waals surface area contributed by atoms with Crippen molar-refractivity contribution in [1.29, 1.82) is 0 Å². The average Bonchev–Trinajstić information content (AvgIpc) is 2.57. The van der Waals surface area contributed by atoms with Crippen LogP contribution in [0.4, 0.5) is 0 Å². The van der Waals surface area contributed by atoms with Gasteiger partial charge in [0, 0.05) is 0 Å². The van der Waals surface area contributed by atoms with Crippen molar-refractivity contribution in [3.63, 3.8) is 0 Å². The Balaban J connectivity index is 5.99. The maximum atomic E-state index is 6.60. The van der Waals surface area contributed by atoms with Crippen LogP contribution < -0.4 is 0 Å². The predicted molar refractivity (Wildman–Crippen MR) is 103 cm³/mol. The number of hydrogen-bond acceptors (Lipinski definition) is 4. The van der Waals surface area contributed by atoms with Crippen molar-refractivity contribution in [1.82, 2.24) is 10.1 Å². The standard InChI is InChI=1S/3C6H14N.CH3O.Ti/c3*1-3-5-7-6-4-2;1-2;/h3*3-6H2,1-2H3;1H3;/q4*-1;+4. The van der Waals surface area contributed by atoms with Crippen LogP contribution >= 0.6 is 0 Å². The first-order valence-corrected chi connectivity index (χ1v) is 13.2. The third kappa shape index (κ3) is 6.70. The second-order valence-corrected chi connectivity index (χ2v) is 12.1. The second kappa shape index (κ2) is 14.7. The van der Waals surface area contributed by atoms with E-state index in [1.165, 1.54) is 38.5 Å². The molecule has 0 saturated heterocycles. The van der Waals surface area contributed by atoms with E-state index < -0.39 is 17.7 Å². The van der Waals surface area contributed by atoms with Crippen LogP contribution in [0.2, 0.25) is 0 Å². The molecule has 0 aromatic heterocycles. The van der Waals surface area contributed by atoms with Crippen LogP contribution in [-0.2, 0) is 21.1 Å². The fourth-order valence-corrected chi connectivity index (χ4v) is 11.7. The first kappa shape index (κ1) is 24.6. The molecule has 0 aliphatic rings. The van der Waals surface area contributed by atoms with Crippen LogP contribution in [0.5, 0.6) is 0 Å². The van der Waals surface area contributed by atoms with Crippen LogP contribution in [0.3, 0.4) is 0 Å². The van der Waals surface area contributed by atoms with Gasteiger partial charge in [-0.1, -0.05) is 0 Å². The zero-order chi connectivity index (χ0) is 18.4. The Kier molecular flexibility index (Phi) is 15.0. The van der Waals surface area contributed by atoms with Crippen molar-refractivity contribution in [2.75, 3.05) is 46.4 Å². The summed E-state index contributed by atoms with van der Waals surface area (Å²) >= 11 is -2.94. The topological polar surface area (TPSA) is 19.0 Å². The van der Waals surface area contributed by atoms with E-state index in [1.54, 1.807) is 0 Å². The number of rotatable bonds is 16. The van der Waals surface area contributed by atoms with Gasteiger partial charge in [-0.3, -0.25) is 0 Å². The summed E-state index contributed by atoms with van der Waals surface area (Å²) in [5.41, 5.74) is 0. The third-order valence-electron chi connectivity index (χ3n) is 4.47. The molecule has 0 aromatic carbocycles. The van der Waals surface area contributed by atoms with E-state index in [0.717, 1.165) is 39.3 Å². The van der Waals surface area contributed by atoms with E-state index in [9.17, 15) is 0 Å². The molecule has 24 heavy (non-hydrogen) atoms. The summed E-state index contributed by atoms with van der Waals surface area (Å²) < 4.78 is 14.9. The van der Waals surface area contributed by atoms with Crippen LogP contribution in [0.1, 0.15) is 80.1 Å². The molecule has 0 N–H and O–H groups in total. The molecule has 0 aromatic rings. The molecule has 0 fully saturated rings. The summed E-state index contributed by atoms with van der Waals surface area (Å²) in [4.78, 5) is 0. The SMILES string of the molecule is CCC[N](CCC)[Ti]([O]C)([N](CCC)CCC)[N](CCC)CCC. The van der Waals surface area contributed by atoms with Gasteiger partial charge in [-0.05, 0) is 0 Å². The Morgan fingerprint density at radius 1 is 0.500 bits per heavy atom. The van der Waals surface area contributed by atoms with E-state index in [2.05, 4.69) is 51.7 Å².